The van der Waals surface area contributed by atoms with E-state index in [0.717, 1.165) is 21.8 Å². The highest BCUT2D eigenvalue weighted by atomic mass is 79.9. The summed E-state index contributed by atoms with van der Waals surface area (Å²) in [5.74, 6) is 0. The highest BCUT2D eigenvalue weighted by Gasteiger charge is 1.98. The summed E-state index contributed by atoms with van der Waals surface area (Å²) in [4.78, 5) is 10.5. The lowest BCUT2D eigenvalue weighted by Gasteiger charge is -1.94. The molecular weight excluding hydrogens is 218 g/mol. The molecule has 60 valence electrons. The van der Waals surface area contributed by atoms with Crippen LogP contribution >= 0.6 is 15.9 Å². The second kappa shape index (κ2) is 2.75. The maximum Gasteiger partial charge on any atom is 0.218 e. The van der Waals surface area contributed by atoms with Gasteiger partial charge in [0.15, 0.2) is 0 Å². The molecule has 2 nitrogen and oxygen atoms in total. The third kappa shape index (κ3) is 1.06. The number of carbonyl (C=O) groups excluding carboxylic acids is 1. The summed E-state index contributed by atoms with van der Waals surface area (Å²) in [5, 5.41) is 1.07. The molecule has 0 saturated carbocycles. The van der Waals surface area contributed by atoms with Gasteiger partial charge in [0.25, 0.3) is 0 Å². The summed E-state index contributed by atoms with van der Waals surface area (Å²) in [6.07, 6.45) is 2.55. The van der Waals surface area contributed by atoms with Gasteiger partial charge in [-0.2, -0.15) is 0 Å². The van der Waals surface area contributed by atoms with Crippen molar-refractivity contribution in [2.45, 2.75) is 0 Å². The molecular formula is C9H6BrNO. The van der Waals surface area contributed by atoms with Crippen LogP contribution in [-0.2, 0) is 4.79 Å². The molecule has 3 heteroatoms. The maximum absolute atomic E-state index is 10.5. The van der Waals surface area contributed by atoms with E-state index in [1.807, 2.05) is 24.3 Å². The first-order chi connectivity index (χ1) is 5.81. The van der Waals surface area contributed by atoms with E-state index < -0.39 is 0 Å². The first-order valence-electron chi connectivity index (χ1n) is 3.52. The molecule has 0 saturated heterocycles. The Morgan fingerprint density at radius 2 is 2.17 bits per heavy atom. The van der Waals surface area contributed by atoms with Crippen LogP contribution in [0.2, 0.25) is 0 Å². The molecule has 1 aromatic heterocycles. The average Bonchev–Trinajstić information content (AvgIpc) is 2.46. The zero-order chi connectivity index (χ0) is 8.55. The van der Waals surface area contributed by atoms with Crippen molar-refractivity contribution in [3.05, 3.63) is 34.9 Å². The monoisotopic (exact) mass is 223 g/mol. The van der Waals surface area contributed by atoms with Crippen LogP contribution in [0, 0.1) is 0 Å². The molecule has 0 spiro atoms. The normalized spacial score (nSPS) is 10.4. The molecule has 0 radical (unpaired) electrons. The highest BCUT2D eigenvalue weighted by molar-refractivity contribution is 9.10. The Hall–Kier alpha value is -1.09. The first-order valence-corrected chi connectivity index (χ1v) is 4.32. The molecule has 0 bridgehead atoms. The minimum Gasteiger partial charge on any atom is -0.290 e. The van der Waals surface area contributed by atoms with Gasteiger partial charge >= 0.3 is 0 Å². The predicted octanol–water partition coefficient (Wildman–Crippen LogP) is 2.44. The van der Waals surface area contributed by atoms with Gasteiger partial charge in [0.2, 0.25) is 6.41 Å². The van der Waals surface area contributed by atoms with Gasteiger partial charge in [-0.05, 0) is 18.2 Å². The van der Waals surface area contributed by atoms with Crippen molar-refractivity contribution >= 4 is 33.2 Å². The van der Waals surface area contributed by atoms with Crippen molar-refractivity contribution in [1.82, 2.24) is 4.57 Å². The summed E-state index contributed by atoms with van der Waals surface area (Å²) >= 11 is 3.35. The summed E-state index contributed by atoms with van der Waals surface area (Å²) in [6, 6.07) is 7.76. The fourth-order valence-electron chi connectivity index (χ4n) is 1.21. The summed E-state index contributed by atoms with van der Waals surface area (Å²) in [7, 11) is 0. The average molecular weight is 224 g/mol. The van der Waals surface area contributed by atoms with Gasteiger partial charge in [0.1, 0.15) is 0 Å². The quantitative estimate of drug-likeness (QED) is 0.682. The Kier molecular flexibility index (Phi) is 1.73. The number of fused-ring (bicyclic) bond motifs is 1. The van der Waals surface area contributed by atoms with Gasteiger partial charge in [0.05, 0.1) is 5.52 Å². The fourth-order valence-corrected chi connectivity index (χ4v) is 1.56. The zero-order valence-corrected chi connectivity index (χ0v) is 7.78. The van der Waals surface area contributed by atoms with E-state index in [2.05, 4.69) is 15.9 Å². The molecule has 0 aliphatic carbocycles. The third-order valence-corrected chi connectivity index (χ3v) is 2.29. The second-order valence-corrected chi connectivity index (χ2v) is 3.45. The number of aromatic nitrogens is 1. The lowest BCUT2D eigenvalue weighted by Crippen LogP contribution is -1.90. The zero-order valence-electron chi connectivity index (χ0n) is 6.20. The largest absolute Gasteiger partial charge is 0.290 e. The lowest BCUT2D eigenvalue weighted by atomic mass is 10.2. The van der Waals surface area contributed by atoms with Crippen LogP contribution < -0.4 is 0 Å². The Morgan fingerprint density at radius 1 is 1.33 bits per heavy atom. The van der Waals surface area contributed by atoms with E-state index >= 15 is 0 Å². The van der Waals surface area contributed by atoms with Gasteiger partial charge in [-0.1, -0.05) is 22.0 Å². The molecule has 0 atom stereocenters. The molecule has 0 fully saturated rings. The molecule has 0 N–H and O–H groups in total. The van der Waals surface area contributed by atoms with Crippen LogP contribution in [-0.4, -0.2) is 11.0 Å². The predicted molar refractivity (Wildman–Crippen MR) is 51.8 cm³/mol. The summed E-state index contributed by atoms with van der Waals surface area (Å²) in [6.45, 7) is 0. The van der Waals surface area contributed by atoms with Crippen LogP contribution in [0.5, 0.6) is 0 Å². The van der Waals surface area contributed by atoms with Gasteiger partial charge in [-0.3, -0.25) is 9.36 Å². The van der Waals surface area contributed by atoms with E-state index in [1.54, 1.807) is 10.8 Å². The van der Waals surface area contributed by atoms with Crippen LogP contribution in [0.15, 0.2) is 34.9 Å². The maximum atomic E-state index is 10.5. The molecule has 1 heterocycles. The molecule has 2 aromatic rings. The topological polar surface area (TPSA) is 22.0 Å². The number of rotatable bonds is 1. The van der Waals surface area contributed by atoms with Gasteiger partial charge in [-0.15, -0.1) is 0 Å². The highest BCUT2D eigenvalue weighted by Crippen LogP contribution is 2.19. The van der Waals surface area contributed by atoms with E-state index in [1.165, 1.54) is 0 Å². The Morgan fingerprint density at radius 3 is 2.92 bits per heavy atom. The number of halogens is 1. The van der Waals surface area contributed by atoms with Crippen molar-refractivity contribution in [2.24, 2.45) is 0 Å². The molecule has 0 aliphatic heterocycles. The number of hydrogen-bond acceptors (Lipinski definition) is 1. The van der Waals surface area contributed by atoms with Crippen molar-refractivity contribution in [3.63, 3.8) is 0 Å². The lowest BCUT2D eigenvalue weighted by molar-refractivity contribution is 0.549. The number of carbonyl (C=O) groups is 1. The fraction of sp³-hybridized carbons (Fsp3) is 0. The summed E-state index contributed by atoms with van der Waals surface area (Å²) < 4.78 is 2.54. The van der Waals surface area contributed by atoms with Crippen molar-refractivity contribution in [2.75, 3.05) is 0 Å². The molecule has 0 unspecified atom stereocenters. The van der Waals surface area contributed by atoms with E-state index in [9.17, 15) is 4.79 Å². The smallest absolute Gasteiger partial charge is 0.218 e. The summed E-state index contributed by atoms with van der Waals surface area (Å²) in [5.41, 5.74) is 0.930. The minimum atomic E-state index is 0.800. The minimum absolute atomic E-state index is 0.800. The van der Waals surface area contributed by atoms with E-state index in [0.29, 0.717) is 0 Å². The van der Waals surface area contributed by atoms with E-state index in [4.69, 9.17) is 0 Å². The SMILES string of the molecule is O=Cn1ccc2ccc(Br)cc21. The van der Waals surface area contributed by atoms with Gasteiger partial charge in [0, 0.05) is 16.1 Å². The second-order valence-electron chi connectivity index (χ2n) is 2.53. The molecule has 0 aliphatic rings. The molecule has 12 heavy (non-hydrogen) atoms. The van der Waals surface area contributed by atoms with Crippen molar-refractivity contribution < 1.29 is 4.79 Å². The van der Waals surface area contributed by atoms with Crippen LogP contribution in [0.3, 0.4) is 0 Å². The van der Waals surface area contributed by atoms with Crippen LogP contribution in [0.1, 0.15) is 0 Å². The standard InChI is InChI=1S/C9H6BrNO/c10-8-2-1-7-3-4-11(6-12)9(7)5-8/h1-6H. The van der Waals surface area contributed by atoms with Crippen LogP contribution in [0.25, 0.3) is 10.9 Å². The Labute approximate surface area is 77.9 Å². The van der Waals surface area contributed by atoms with E-state index in [-0.39, 0.29) is 0 Å². The van der Waals surface area contributed by atoms with Gasteiger partial charge in [-0.25, -0.2) is 0 Å². The molecule has 1 aromatic carbocycles. The van der Waals surface area contributed by atoms with Crippen LogP contribution in [0.4, 0.5) is 0 Å². The van der Waals surface area contributed by atoms with Crippen molar-refractivity contribution in [1.29, 1.82) is 0 Å². The number of nitrogens with zero attached hydrogens (tertiary/aromatic N) is 1. The molecule has 2 rings (SSSR count). The Balaban J connectivity index is 2.83. The molecule has 0 amide bonds. The third-order valence-electron chi connectivity index (χ3n) is 1.80. The van der Waals surface area contributed by atoms with Crippen molar-refractivity contribution in [3.8, 4) is 0 Å². The van der Waals surface area contributed by atoms with Gasteiger partial charge < -0.3 is 0 Å². The number of hydrogen-bond donors (Lipinski definition) is 0. The number of benzene rings is 1. The Bertz CT molecular complexity index is 433. The first kappa shape index (κ1) is 7.55.